The summed E-state index contributed by atoms with van der Waals surface area (Å²) in [6.07, 6.45) is 2.35. The van der Waals surface area contributed by atoms with Gasteiger partial charge in [0.15, 0.2) is 0 Å². The summed E-state index contributed by atoms with van der Waals surface area (Å²) in [4.78, 5) is 4.97. The van der Waals surface area contributed by atoms with Crippen molar-refractivity contribution < 1.29 is 0 Å². The standard InChI is InChI=1S/C14H20ClN3/c15-13-3-1-2-4-14(13)18-7-5-17(6-8-18)12-9-11(16)10-12/h1-4,11-12H,5-10,16H2. The van der Waals surface area contributed by atoms with Gasteiger partial charge in [0.05, 0.1) is 10.7 Å². The lowest BCUT2D eigenvalue weighted by molar-refractivity contribution is 0.104. The lowest BCUT2D eigenvalue weighted by Gasteiger charge is -2.46. The summed E-state index contributed by atoms with van der Waals surface area (Å²) in [6, 6.07) is 9.28. The van der Waals surface area contributed by atoms with Crippen molar-refractivity contribution in [2.75, 3.05) is 31.1 Å². The minimum absolute atomic E-state index is 0.441. The van der Waals surface area contributed by atoms with Crippen molar-refractivity contribution in [3.8, 4) is 0 Å². The lowest BCUT2D eigenvalue weighted by atomic mass is 9.86. The van der Waals surface area contributed by atoms with E-state index < -0.39 is 0 Å². The third-order valence-electron chi connectivity index (χ3n) is 4.17. The fraction of sp³-hybridized carbons (Fsp3) is 0.571. The van der Waals surface area contributed by atoms with Gasteiger partial charge in [-0.25, -0.2) is 0 Å². The quantitative estimate of drug-likeness (QED) is 0.887. The predicted octanol–water partition coefficient (Wildman–Crippen LogP) is 1.95. The molecule has 0 spiro atoms. The molecule has 1 aromatic carbocycles. The van der Waals surface area contributed by atoms with Crippen LogP contribution in [-0.4, -0.2) is 43.2 Å². The molecule has 0 bridgehead atoms. The van der Waals surface area contributed by atoms with Gasteiger partial charge in [-0.2, -0.15) is 0 Å². The van der Waals surface area contributed by atoms with Crippen LogP contribution in [0.3, 0.4) is 0 Å². The molecule has 18 heavy (non-hydrogen) atoms. The zero-order valence-electron chi connectivity index (χ0n) is 10.6. The van der Waals surface area contributed by atoms with E-state index in [4.69, 9.17) is 17.3 Å². The van der Waals surface area contributed by atoms with Crippen molar-refractivity contribution in [2.24, 2.45) is 5.73 Å². The van der Waals surface area contributed by atoms with E-state index in [0.29, 0.717) is 6.04 Å². The molecule has 0 atom stereocenters. The molecule has 0 amide bonds. The smallest absolute Gasteiger partial charge is 0.0639 e. The van der Waals surface area contributed by atoms with Gasteiger partial charge >= 0.3 is 0 Å². The van der Waals surface area contributed by atoms with Gasteiger partial charge in [0, 0.05) is 38.3 Å². The first-order valence-electron chi connectivity index (χ1n) is 6.73. The van der Waals surface area contributed by atoms with E-state index in [1.165, 1.54) is 18.5 Å². The van der Waals surface area contributed by atoms with Crippen molar-refractivity contribution >= 4 is 17.3 Å². The molecule has 0 radical (unpaired) electrons. The predicted molar refractivity (Wildman–Crippen MR) is 76.2 cm³/mol. The average Bonchev–Trinajstić information content (AvgIpc) is 2.36. The number of nitrogens with two attached hydrogens (primary N) is 1. The van der Waals surface area contributed by atoms with Gasteiger partial charge in [0.2, 0.25) is 0 Å². The Bertz CT molecular complexity index is 409. The van der Waals surface area contributed by atoms with Gasteiger partial charge < -0.3 is 10.6 Å². The van der Waals surface area contributed by atoms with E-state index in [-0.39, 0.29) is 0 Å². The Morgan fingerprint density at radius 3 is 2.33 bits per heavy atom. The molecule has 0 aromatic heterocycles. The Morgan fingerprint density at radius 2 is 1.72 bits per heavy atom. The topological polar surface area (TPSA) is 32.5 Å². The zero-order chi connectivity index (χ0) is 12.5. The molecular weight excluding hydrogens is 246 g/mol. The van der Waals surface area contributed by atoms with Crippen LogP contribution >= 0.6 is 11.6 Å². The van der Waals surface area contributed by atoms with Crippen LogP contribution in [0, 0.1) is 0 Å². The number of benzene rings is 1. The number of hydrogen-bond donors (Lipinski definition) is 1. The van der Waals surface area contributed by atoms with Crippen LogP contribution < -0.4 is 10.6 Å². The highest BCUT2D eigenvalue weighted by Gasteiger charge is 2.32. The highest BCUT2D eigenvalue weighted by molar-refractivity contribution is 6.33. The Hall–Kier alpha value is -0.770. The van der Waals surface area contributed by atoms with Gasteiger partial charge in [0.1, 0.15) is 0 Å². The van der Waals surface area contributed by atoms with Gasteiger partial charge in [0.25, 0.3) is 0 Å². The normalized spacial score (nSPS) is 29.1. The zero-order valence-corrected chi connectivity index (χ0v) is 11.3. The number of anilines is 1. The Kier molecular flexibility index (Phi) is 3.46. The molecule has 3 rings (SSSR count). The molecule has 0 unspecified atom stereocenters. The maximum absolute atomic E-state index is 6.24. The molecule has 98 valence electrons. The maximum Gasteiger partial charge on any atom is 0.0639 e. The summed E-state index contributed by atoms with van der Waals surface area (Å²) in [5, 5.41) is 0.858. The molecule has 1 aromatic rings. The fourth-order valence-corrected chi connectivity index (χ4v) is 3.22. The van der Waals surface area contributed by atoms with Gasteiger partial charge in [-0.05, 0) is 25.0 Å². The van der Waals surface area contributed by atoms with Crippen molar-refractivity contribution in [1.29, 1.82) is 0 Å². The van der Waals surface area contributed by atoms with E-state index in [9.17, 15) is 0 Å². The first kappa shape index (κ1) is 12.3. The Balaban J connectivity index is 1.58. The first-order valence-corrected chi connectivity index (χ1v) is 7.11. The van der Waals surface area contributed by atoms with Crippen LogP contribution in [0.15, 0.2) is 24.3 Å². The third-order valence-corrected chi connectivity index (χ3v) is 4.49. The van der Waals surface area contributed by atoms with Crippen LogP contribution in [0.2, 0.25) is 5.02 Å². The van der Waals surface area contributed by atoms with Gasteiger partial charge in [-0.3, -0.25) is 4.90 Å². The molecular formula is C14H20ClN3. The number of nitrogens with zero attached hydrogens (tertiary/aromatic N) is 2. The molecule has 1 aliphatic carbocycles. The molecule has 2 aliphatic rings. The van der Waals surface area contributed by atoms with Crippen LogP contribution in [0.5, 0.6) is 0 Å². The van der Waals surface area contributed by atoms with Crippen LogP contribution in [0.25, 0.3) is 0 Å². The number of piperazine rings is 1. The molecule has 1 aliphatic heterocycles. The summed E-state index contributed by atoms with van der Waals surface area (Å²) in [6.45, 7) is 4.39. The van der Waals surface area contributed by atoms with Crippen molar-refractivity contribution in [2.45, 2.75) is 24.9 Å². The third kappa shape index (κ3) is 2.35. The second-order valence-corrected chi connectivity index (χ2v) is 5.77. The van der Waals surface area contributed by atoms with Crippen LogP contribution in [0.1, 0.15) is 12.8 Å². The first-order chi connectivity index (χ1) is 8.74. The maximum atomic E-state index is 6.24. The van der Waals surface area contributed by atoms with E-state index >= 15 is 0 Å². The van der Waals surface area contributed by atoms with E-state index in [1.54, 1.807) is 0 Å². The summed E-state index contributed by atoms with van der Waals surface area (Å²) < 4.78 is 0. The number of hydrogen-bond acceptors (Lipinski definition) is 3. The Labute approximate surface area is 114 Å². The second-order valence-electron chi connectivity index (χ2n) is 5.36. The number of rotatable bonds is 2. The minimum Gasteiger partial charge on any atom is -0.368 e. The SMILES string of the molecule is NC1CC(N2CCN(c3ccccc3Cl)CC2)C1. The highest BCUT2D eigenvalue weighted by atomic mass is 35.5. The molecule has 1 saturated heterocycles. The van der Waals surface area contributed by atoms with Crippen LogP contribution in [0.4, 0.5) is 5.69 Å². The summed E-state index contributed by atoms with van der Waals surface area (Å²) in [7, 11) is 0. The molecule has 1 heterocycles. The molecule has 3 nitrogen and oxygen atoms in total. The molecule has 1 saturated carbocycles. The fourth-order valence-electron chi connectivity index (χ4n) is 2.96. The van der Waals surface area contributed by atoms with Gasteiger partial charge in [-0.1, -0.05) is 23.7 Å². The average molecular weight is 266 g/mol. The second kappa shape index (κ2) is 5.08. The van der Waals surface area contributed by atoms with E-state index in [0.717, 1.165) is 37.2 Å². The summed E-state index contributed by atoms with van der Waals surface area (Å²) in [5.41, 5.74) is 7.03. The van der Waals surface area contributed by atoms with Crippen molar-refractivity contribution in [3.63, 3.8) is 0 Å². The van der Waals surface area contributed by atoms with Crippen molar-refractivity contribution in [3.05, 3.63) is 29.3 Å². The monoisotopic (exact) mass is 265 g/mol. The largest absolute Gasteiger partial charge is 0.368 e. The summed E-state index contributed by atoms with van der Waals surface area (Å²) in [5.74, 6) is 0. The van der Waals surface area contributed by atoms with E-state index in [2.05, 4.69) is 21.9 Å². The van der Waals surface area contributed by atoms with Crippen LogP contribution in [-0.2, 0) is 0 Å². The highest BCUT2D eigenvalue weighted by Crippen LogP contribution is 2.29. The van der Waals surface area contributed by atoms with E-state index in [1.807, 2.05) is 12.1 Å². The minimum atomic E-state index is 0.441. The van der Waals surface area contributed by atoms with Gasteiger partial charge in [-0.15, -0.1) is 0 Å². The number of halogens is 1. The summed E-state index contributed by atoms with van der Waals surface area (Å²) >= 11 is 6.24. The molecule has 4 heteroatoms. The Morgan fingerprint density at radius 1 is 1.06 bits per heavy atom. The molecule has 2 fully saturated rings. The lowest BCUT2D eigenvalue weighted by Crippen LogP contribution is -2.57. The molecule has 2 N–H and O–H groups in total. The van der Waals surface area contributed by atoms with Crippen molar-refractivity contribution in [1.82, 2.24) is 4.90 Å². The number of para-hydroxylation sites is 1.